The van der Waals surface area contributed by atoms with E-state index >= 15 is 0 Å². The molecule has 0 unspecified atom stereocenters. The molecule has 1 aliphatic rings. The van der Waals surface area contributed by atoms with Gasteiger partial charge >= 0.3 is 0 Å². The third-order valence-corrected chi connectivity index (χ3v) is 2.86. The van der Waals surface area contributed by atoms with Crippen LogP contribution in [0.1, 0.15) is 38.3 Å². The SMILES string of the molecule is CCc1ccc2c(c1)C(=NO)CC(C)(C)O2. The lowest BCUT2D eigenvalue weighted by Gasteiger charge is -2.33. The van der Waals surface area contributed by atoms with E-state index in [9.17, 15) is 0 Å². The molecule has 2 rings (SSSR count). The van der Waals surface area contributed by atoms with E-state index in [1.165, 1.54) is 5.56 Å². The number of benzene rings is 1. The predicted molar refractivity (Wildman–Crippen MR) is 63.5 cm³/mol. The Morgan fingerprint density at radius 3 is 2.81 bits per heavy atom. The molecule has 0 saturated carbocycles. The van der Waals surface area contributed by atoms with Crippen molar-refractivity contribution in [1.29, 1.82) is 0 Å². The van der Waals surface area contributed by atoms with Crippen LogP contribution >= 0.6 is 0 Å². The van der Waals surface area contributed by atoms with Crippen LogP contribution in [0.5, 0.6) is 5.75 Å². The van der Waals surface area contributed by atoms with Crippen molar-refractivity contribution in [2.24, 2.45) is 5.16 Å². The van der Waals surface area contributed by atoms with Gasteiger partial charge in [0.1, 0.15) is 11.4 Å². The van der Waals surface area contributed by atoms with E-state index in [1.54, 1.807) is 0 Å². The van der Waals surface area contributed by atoms with E-state index in [1.807, 2.05) is 26.0 Å². The number of aryl methyl sites for hydroxylation is 1. The molecule has 0 amide bonds. The van der Waals surface area contributed by atoms with E-state index in [0.717, 1.165) is 17.7 Å². The minimum Gasteiger partial charge on any atom is -0.487 e. The van der Waals surface area contributed by atoms with Gasteiger partial charge in [-0.15, -0.1) is 0 Å². The van der Waals surface area contributed by atoms with E-state index in [-0.39, 0.29) is 5.60 Å². The summed E-state index contributed by atoms with van der Waals surface area (Å²) in [6.07, 6.45) is 1.60. The third kappa shape index (κ3) is 1.90. The quantitative estimate of drug-likeness (QED) is 0.582. The van der Waals surface area contributed by atoms with Crippen molar-refractivity contribution in [3.05, 3.63) is 29.3 Å². The molecule has 0 radical (unpaired) electrons. The maximum atomic E-state index is 9.07. The van der Waals surface area contributed by atoms with Crippen molar-refractivity contribution in [3.63, 3.8) is 0 Å². The summed E-state index contributed by atoms with van der Waals surface area (Å²) in [4.78, 5) is 0. The van der Waals surface area contributed by atoms with Crippen molar-refractivity contribution in [2.45, 2.75) is 39.2 Å². The standard InChI is InChI=1S/C13H17NO2/c1-4-9-5-6-12-10(7-9)11(14-15)8-13(2,3)16-12/h5-7,15H,4,8H2,1-3H3. The summed E-state index contributed by atoms with van der Waals surface area (Å²) < 4.78 is 5.86. The molecule has 1 aromatic rings. The van der Waals surface area contributed by atoms with Crippen molar-refractivity contribution in [2.75, 3.05) is 0 Å². The topological polar surface area (TPSA) is 41.8 Å². The van der Waals surface area contributed by atoms with Gasteiger partial charge in [-0.3, -0.25) is 0 Å². The van der Waals surface area contributed by atoms with Gasteiger partial charge in [-0.25, -0.2) is 0 Å². The third-order valence-electron chi connectivity index (χ3n) is 2.86. The monoisotopic (exact) mass is 219 g/mol. The average Bonchev–Trinajstić information content (AvgIpc) is 2.26. The van der Waals surface area contributed by atoms with Gasteiger partial charge in [-0.05, 0) is 38.0 Å². The van der Waals surface area contributed by atoms with Crippen LogP contribution in [0.4, 0.5) is 0 Å². The fourth-order valence-corrected chi connectivity index (χ4v) is 2.03. The maximum Gasteiger partial charge on any atom is 0.129 e. The van der Waals surface area contributed by atoms with Crippen LogP contribution in [0.25, 0.3) is 0 Å². The summed E-state index contributed by atoms with van der Waals surface area (Å²) in [5.74, 6) is 0.807. The highest BCUT2D eigenvalue weighted by atomic mass is 16.5. The van der Waals surface area contributed by atoms with Crippen molar-refractivity contribution < 1.29 is 9.94 Å². The maximum absolute atomic E-state index is 9.07. The predicted octanol–water partition coefficient (Wildman–Crippen LogP) is 2.99. The summed E-state index contributed by atoms with van der Waals surface area (Å²) in [5.41, 5.74) is 2.55. The van der Waals surface area contributed by atoms with Crippen LogP contribution in [-0.2, 0) is 6.42 Å². The number of oxime groups is 1. The largest absolute Gasteiger partial charge is 0.487 e. The van der Waals surface area contributed by atoms with Crippen molar-refractivity contribution in [3.8, 4) is 5.75 Å². The summed E-state index contributed by atoms with van der Waals surface area (Å²) in [6, 6.07) is 6.05. The normalized spacial score (nSPS) is 20.3. The molecule has 0 aliphatic carbocycles. The van der Waals surface area contributed by atoms with Crippen LogP contribution in [0.3, 0.4) is 0 Å². The molecular formula is C13H17NO2. The number of hydrogen-bond acceptors (Lipinski definition) is 3. The molecule has 86 valence electrons. The fraction of sp³-hybridized carbons (Fsp3) is 0.462. The van der Waals surface area contributed by atoms with Gasteiger partial charge in [-0.1, -0.05) is 18.1 Å². The van der Waals surface area contributed by atoms with Gasteiger partial charge < -0.3 is 9.94 Å². The summed E-state index contributed by atoms with van der Waals surface area (Å²) in [7, 11) is 0. The van der Waals surface area contributed by atoms with Gasteiger partial charge in [0.15, 0.2) is 0 Å². The molecule has 0 fully saturated rings. The highest BCUT2D eigenvalue weighted by Gasteiger charge is 2.31. The van der Waals surface area contributed by atoms with E-state index in [4.69, 9.17) is 9.94 Å². The van der Waals surface area contributed by atoms with Gasteiger partial charge in [0.2, 0.25) is 0 Å². The highest BCUT2D eigenvalue weighted by Crippen LogP contribution is 2.33. The van der Waals surface area contributed by atoms with Crippen molar-refractivity contribution in [1.82, 2.24) is 0 Å². The number of fused-ring (bicyclic) bond motifs is 1. The molecule has 1 N–H and O–H groups in total. The molecule has 0 aromatic heterocycles. The van der Waals surface area contributed by atoms with E-state index < -0.39 is 0 Å². The number of nitrogens with zero attached hydrogens (tertiary/aromatic N) is 1. The Morgan fingerprint density at radius 1 is 1.44 bits per heavy atom. The van der Waals surface area contributed by atoms with Crippen LogP contribution in [0.2, 0.25) is 0 Å². The summed E-state index contributed by atoms with van der Waals surface area (Å²) in [6.45, 7) is 6.09. The van der Waals surface area contributed by atoms with Gasteiger partial charge in [-0.2, -0.15) is 0 Å². The fourth-order valence-electron chi connectivity index (χ4n) is 2.03. The Labute approximate surface area is 95.7 Å². The van der Waals surface area contributed by atoms with Crippen LogP contribution in [-0.4, -0.2) is 16.5 Å². The minimum absolute atomic E-state index is 0.303. The molecule has 3 nitrogen and oxygen atoms in total. The summed E-state index contributed by atoms with van der Waals surface area (Å²) >= 11 is 0. The lowest BCUT2D eigenvalue weighted by Crippen LogP contribution is -2.36. The molecule has 16 heavy (non-hydrogen) atoms. The van der Waals surface area contributed by atoms with Crippen LogP contribution < -0.4 is 4.74 Å². The molecule has 1 aliphatic heterocycles. The molecule has 1 heterocycles. The Morgan fingerprint density at radius 2 is 2.19 bits per heavy atom. The van der Waals surface area contributed by atoms with Gasteiger partial charge in [0.25, 0.3) is 0 Å². The van der Waals surface area contributed by atoms with Crippen molar-refractivity contribution >= 4 is 5.71 Å². The highest BCUT2D eigenvalue weighted by molar-refractivity contribution is 6.04. The first-order valence-corrected chi connectivity index (χ1v) is 5.59. The van der Waals surface area contributed by atoms with Gasteiger partial charge in [0, 0.05) is 12.0 Å². The Bertz CT molecular complexity index is 436. The van der Waals surface area contributed by atoms with E-state index in [0.29, 0.717) is 12.1 Å². The zero-order valence-electron chi connectivity index (χ0n) is 9.95. The van der Waals surface area contributed by atoms with Crippen LogP contribution in [0.15, 0.2) is 23.4 Å². The Balaban J connectivity index is 2.51. The number of ether oxygens (including phenoxy) is 1. The molecule has 1 aromatic carbocycles. The number of hydrogen-bond donors (Lipinski definition) is 1. The first kappa shape index (κ1) is 11.0. The van der Waals surface area contributed by atoms with Gasteiger partial charge in [0.05, 0.1) is 5.71 Å². The average molecular weight is 219 g/mol. The second-order valence-electron chi connectivity index (χ2n) is 4.77. The number of rotatable bonds is 1. The first-order chi connectivity index (χ1) is 7.55. The lowest BCUT2D eigenvalue weighted by atomic mass is 9.91. The smallest absolute Gasteiger partial charge is 0.129 e. The molecule has 0 saturated heterocycles. The molecular weight excluding hydrogens is 202 g/mol. The molecule has 0 spiro atoms. The molecule has 0 bridgehead atoms. The van der Waals surface area contributed by atoms with E-state index in [2.05, 4.69) is 18.1 Å². The zero-order valence-corrected chi connectivity index (χ0v) is 9.95. The Kier molecular flexibility index (Phi) is 2.62. The molecule has 3 heteroatoms. The second-order valence-corrected chi connectivity index (χ2v) is 4.77. The second kappa shape index (κ2) is 3.81. The zero-order chi connectivity index (χ0) is 11.8. The molecule has 0 atom stereocenters. The van der Waals surface area contributed by atoms with Crippen LogP contribution in [0, 0.1) is 0 Å². The lowest BCUT2D eigenvalue weighted by molar-refractivity contribution is 0.109. The Hall–Kier alpha value is -1.51. The minimum atomic E-state index is -0.303. The summed E-state index contributed by atoms with van der Waals surface area (Å²) in [5, 5.41) is 12.5. The first-order valence-electron chi connectivity index (χ1n) is 5.59.